The van der Waals surface area contributed by atoms with E-state index in [0.29, 0.717) is 11.5 Å². The second kappa shape index (κ2) is 11.4. The molecule has 0 saturated carbocycles. The largest absolute Gasteiger partial charge is 0.394 e. The molecule has 14 heteroatoms. The molecule has 0 radical (unpaired) electrons. The van der Waals surface area contributed by atoms with Crippen LogP contribution in [0.1, 0.15) is 5.56 Å². The minimum absolute atomic E-state index is 0.0801. The van der Waals surface area contributed by atoms with Crippen molar-refractivity contribution in [2.45, 2.75) is 21.6 Å². The molecule has 1 aliphatic rings. The van der Waals surface area contributed by atoms with Gasteiger partial charge >= 0.3 is 0 Å². The number of thioether (sulfide) groups is 1. The highest BCUT2D eigenvalue weighted by atomic mass is 35.5. The first-order chi connectivity index (χ1) is 15.0. The summed E-state index contributed by atoms with van der Waals surface area (Å²) in [5, 5.41) is 28.9. The quantitative estimate of drug-likeness (QED) is 0.349. The second-order valence-corrected chi connectivity index (χ2v) is 11.0. The van der Waals surface area contributed by atoms with Crippen LogP contribution in [0.3, 0.4) is 0 Å². The maximum atomic E-state index is 12.4. The average Bonchev–Trinajstić information content (AvgIpc) is 2.72. The van der Waals surface area contributed by atoms with E-state index in [1.165, 1.54) is 17.8 Å². The molecule has 0 saturated heterocycles. The van der Waals surface area contributed by atoms with Crippen LogP contribution in [0.5, 0.6) is 0 Å². The van der Waals surface area contributed by atoms with Gasteiger partial charge in [-0.15, -0.1) is 11.8 Å². The smallest absolute Gasteiger partial charge is 0.265 e. The van der Waals surface area contributed by atoms with Crippen LogP contribution in [-0.4, -0.2) is 63.1 Å². The van der Waals surface area contributed by atoms with E-state index in [9.17, 15) is 16.8 Å². The fourth-order valence-corrected chi connectivity index (χ4v) is 5.69. The van der Waals surface area contributed by atoms with Crippen molar-refractivity contribution in [3.05, 3.63) is 53.1 Å². The van der Waals surface area contributed by atoms with Gasteiger partial charge in [0.15, 0.2) is 0 Å². The number of hydrogen-bond acceptors (Lipinski definition) is 9. The molecule has 0 bridgehead atoms. The van der Waals surface area contributed by atoms with Crippen LogP contribution in [-0.2, 0) is 25.8 Å². The first-order valence-electron chi connectivity index (χ1n) is 8.96. The Morgan fingerprint density at radius 2 is 1.75 bits per heavy atom. The van der Waals surface area contributed by atoms with Gasteiger partial charge in [-0.3, -0.25) is 4.72 Å². The van der Waals surface area contributed by atoms with Gasteiger partial charge in [0.1, 0.15) is 21.7 Å². The number of sulfonamides is 2. The Kier molecular flexibility index (Phi) is 9.48. The molecule has 6 N–H and O–H groups in total. The Balaban J connectivity index is 0.000000534. The summed E-state index contributed by atoms with van der Waals surface area (Å²) in [6, 6.07) is 11.8. The summed E-state index contributed by atoms with van der Waals surface area (Å²) in [6.45, 7) is -0.729. The highest BCUT2D eigenvalue weighted by Crippen LogP contribution is 2.35. The zero-order chi connectivity index (χ0) is 23.9. The lowest BCUT2D eigenvalue weighted by molar-refractivity contribution is 0.0450. The van der Waals surface area contributed by atoms with E-state index >= 15 is 0 Å². The molecule has 0 fully saturated rings. The van der Waals surface area contributed by atoms with Crippen molar-refractivity contribution in [2.24, 2.45) is 10.1 Å². The van der Waals surface area contributed by atoms with Crippen LogP contribution in [0, 0.1) is 0 Å². The monoisotopic (exact) mass is 523 g/mol. The summed E-state index contributed by atoms with van der Waals surface area (Å²) < 4.78 is 50.3. The Hall–Kier alpha value is -1.71. The van der Waals surface area contributed by atoms with Crippen LogP contribution < -0.4 is 9.86 Å². The number of benzene rings is 2. The van der Waals surface area contributed by atoms with Crippen LogP contribution in [0.25, 0.3) is 0 Å². The zero-order valence-corrected chi connectivity index (χ0v) is 19.8. The number of nitrogens with two attached hydrogens (primary N) is 1. The zero-order valence-electron chi connectivity index (χ0n) is 16.5. The molecule has 0 amide bonds. The molecular weight excluding hydrogens is 502 g/mol. The number of aliphatic hydroxyl groups excluding tert-OH is 3. The molecule has 2 aromatic carbocycles. The van der Waals surface area contributed by atoms with Crippen molar-refractivity contribution in [3.8, 4) is 0 Å². The van der Waals surface area contributed by atoms with Crippen LogP contribution in [0.15, 0.2) is 57.2 Å². The second-order valence-electron chi connectivity index (χ2n) is 6.46. The van der Waals surface area contributed by atoms with Gasteiger partial charge in [0.2, 0.25) is 10.0 Å². The maximum absolute atomic E-state index is 12.4. The van der Waals surface area contributed by atoms with E-state index < -0.39 is 31.0 Å². The van der Waals surface area contributed by atoms with E-state index in [2.05, 4.69) is 9.71 Å². The van der Waals surface area contributed by atoms with Crippen LogP contribution in [0.2, 0.25) is 5.02 Å². The van der Waals surface area contributed by atoms with E-state index in [1.807, 2.05) is 30.3 Å². The molecule has 0 aliphatic carbocycles. The van der Waals surface area contributed by atoms with Crippen molar-refractivity contribution in [2.75, 3.05) is 19.0 Å². The molecule has 3 rings (SSSR count). The van der Waals surface area contributed by atoms with Crippen molar-refractivity contribution >= 4 is 54.9 Å². The Bertz CT molecular complexity index is 1170. The number of rotatable bonds is 7. The van der Waals surface area contributed by atoms with Crippen molar-refractivity contribution in [1.82, 2.24) is 4.72 Å². The number of fused-ring (bicyclic) bond motifs is 1. The Morgan fingerprint density at radius 1 is 1.12 bits per heavy atom. The number of hydrogen-bond donors (Lipinski definition) is 5. The first-order valence-corrected chi connectivity index (χ1v) is 13.5. The molecular formula is C18H22ClN3O7S3. The van der Waals surface area contributed by atoms with Crippen LogP contribution >= 0.6 is 23.4 Å². The fraction of sp³-hybridized carbons (Fsp3) is 0.278. The maximum Gasteiger partial charge on any atom is 0.265 e. The predicted octanol–water partition coefficient (Wildman–Crippen LogP) is 0.575. The van der Waals surface area contributed by atoms with Crippen molar-refractivity contribution in [1.29, 1.82) is 0 Å². The molecule has 0 unspecified atom stereocenters. The lowest BCUT2D eigenvalue weighted by atomic mass is 10.2. The van der Waals surface area contributed by atoms with Crippen LogP contribution in [0.4, 0.5) is 5.69 Å². The molecule has 32 heavy (non-hydrogen) atoms. The number of aliphatic imine (C=N–C) groups is 1. The average molecular weight is 524 g/mol. The highest BCUT2D eigenvalue weighted by Gasteiger charge is 2.29. The van der Waals surface area contributed by atoms with E-state index in [0.717, 1.165) is 11.6 Å². The third kappa shape index (κ3) is 7.42. The summed E-state index contributed by atoms with van der Waals surface area (Å²) in [5.41, 5.74) is 1.19. The van der Waals surface area contributed by atoms with Crippen molar-refractivity contribution in [3.63, 3.8) is 0 Å². The topological polar surface area (TPSA) is 179 Å². The molecule has 0 spiro atoms. The summed E-state index contributed by atoms with van der Waals surface area (Å²) in [6.07, 6.45) is -0.954. The normalized spacial score (nSPS) is 14.6. The van der Waals surface area contributed by atoms with Gasteiger partial charge in [-0.25, -0.2) is 27.0 Å². The minimum Gasteiger partial charge on any atom is -0.394 e. The Morgan fingerprint density at radius 3 is 2.28 bits per heavy atom. The third-order valence-corrected chi connectivity index (χ3v) is 7.69. The molecule has 1 heterocycles. The fourth-order valence-electron chi connectivity index (χ4n) is 2.38. The summed E-state index contributed by atoms with van der Waals surface area (Å²) in [7, 11) is -8.11. The van der Waals surface area contributed by atoms with E-state index in [1.54, 1.807) is 0 Å². The standard InChI is InChI=1S/C15H14ClN3O4S3.C3H8O3/c16-11-6-12-14(7-13(11)25(17,20)21)26(22,23)19-15(18-12)9-24-8-10-4-2-1-3-5-10;4-1-3(6)2-5/h1-7H,8-9H2,(H,18,19)(H2,17,20,21);3-6H,1-2H2. The summed E-state index contributed by atoms with van der Waals surface area (Å²) in [5.74, 6) is 1.28. The molecule has 2 aromatic rings. The number of amidine groups is 1. The van der Waals surface area contributed by atoms with Gasteiger partial charge in [-0.1, -0.05) is 41.9 Å². The van der Waals surface area contributed by atoms with Gasteiger partial charge in [-0.05, 0) is 17.7 Å². The third-order valence-electron chi connectivity index (χ3n) is 3.89. The molecule has 1 aliphatic heterocycles. The molecule has 0 aromatic heterocycles. The number of nitrogens with one attached hydrogen (secondary N) is 1. The van der Waals surface area contributed by atoms with Gasteiger partial charge in [-0.2, -0.15) is 0 Å². The Labute approximate surface area is 195 Å². The number of halogens is 1. The lowest BCUT2D eigenvalue weighted by Crippen LogP contribution is -2.35. The van der Waals surface area contributed by atoms with Crippen molar-refractivity contribution < 1.29 is 32.2 Å². The van der Waals surface area contributed by atoms with Gasteiger partial charge in [0.25, 0.3) is 10.0 Å². The van der Waals surface area contributed by atoms with Gasteiger partial charge in [0.05, 0.1) is 29.7 Å². The highest BCUT2D eigenvalue weighted by molar-refractivity contribution is 7.99. The number of nitrogens with zero attached hydrogens (tertiary/aromatic N) is 1. The minimum atomic E-state index is -4.15. The summed E-state index contributed by atoms with van der Waals surface area (Å²) >= 11 is 7.42. The van der Waals surface area contributed by atoms with Gasteiger partial charge in [0, 0.05) is 5.75 Å². The predicted molar refractivity (Wildman–Crippen MR) is 123 cm³/mol. The number of aliphatic hydroxyl groups is 3. The molecule has 0 atom stereocenters. The van der Waals surface area contributed by atoms with E-state index in [-0.39, 0.29) is 34.7 Å². The molecule has 176 valence electrons. The number of primary sulfonamides is 1. The lowest BCUT2D eigenvalue weighted by Gasteiger charge is -2.19. The molecule has 10 nitrogen and oxygen atoms in total. The van der Waals surface area contributed by atoms with Gasteiger partial charge < -0.3 is 15.3 Å². The SMILES string of the molecule is NS(=O)(=O)c1cc2c(cc1Cl)N=C(CSCc1ccccc1)NS2(=O)=O.OCC(O)CO. The first kappa shape index (κ1) is 26.5. The van der Waals surface area contributed by atoms with E-state index in [4.69, 9.17) is 32.1 Å². The summed E-state index contributed by atoms with van der Waals surface area (Å²) in [4.78, 5) is 3.51.